The first-order valence-electron chi connectivity index (χ1n) is 10.2. The Balaban J connectivity index is 1.47. The van der Waals surface area contributed by atoms with Gasteiger partial charge in [0.05, 0.1) is 41.1 Å². The lowest BCUT2D eigenvalue weighted by atomic mass is 9.94. The van der Waals surface area contributed by atoms with Crippen LogP contribution in [0.1, 0.15) is 30.1 Å². The third kappa shape index (κ3) is 2.78. The first-order chi connectivity index (χ1) is 14.8. The molecule has 6 heterocycles. The Labute approximate surface area is 172 Å². The van der Waals surface area contributed by atoms with Gasteiger partial charge in [0.15, 0.2) is 11.5 Å². The SMILES string of the molecule is Cc1cn(-c2cncc3[nH]c(-c4n[nH]c5ccc(C6CCNCC6)nc45)nc23)cn1. The number of H-pyrrole nitrogens is 2. The minimum atomic E-state index is 0.481. The molecule has 150 valence electrons. The van der Waals surface area contributed by atoms with Gasteiger partial charge >= 0.3 is 0 Å². The van der Waals surface area contributed by atoms with Crippen molar-refractivity contribution in [2.24, 2.45) is 0 Å². The molecule has 1 fully saturated rings. The summed E-state index contributed by atoms with van der Waals surface area (Å²) in [4.78, 5) is 21.9. The first-order valence-corrected chi connectivity index (χ1v) is 10.2. The van der Waals surface area contributed by atoms with E-state index < -0.39 is 0 Å². The summed E-state index contributed by atoms with van der Waals surface area (Å²) < 4.78 is 1.94. The highest BCUT2D eigenvalue weighted by Crippen LogP contribution is 2.30. The molecule has 0 radical (unpaired) electrons. The Morgan fingerprint density at radius 3 is 2.77 bits per heavy atom. The molecule has 0 saturated carbocycles. The Morgan fingerprint density at radius 1 is 1.03 bits per heavy atom. The van der Waals surface area contributed by atoms with E-state index in [4.69, 9.17) is 9.97 Å². The van der Waals surface area contributed by atoms with E-state index in [1.165, 1.54) is 0 Å². The van der Waals surface area contributed by atoms with Crippen LogP contribution in [-0.4, -0.2) is 52.8 Å². The molecule has 9 heteroatoms. The largest absolute Gasteiger partial charge is 0.335 e. The Morgan fingerprint density at radius 2 is 1.93 bits per heavy atom. The summed E-state index contributed by atoms with van der Waals surface area (Å²) in [7, 11) is 0. The molecule has 0 unspecified atom stereocenters. The van der Waals surface area contributed by atoms with E-state index in [1.54, 1.807) is 18.7 Å². The third-order valence-corrected chi connectivity index (χ3v) is 5.78. The van der Waals surface area contributed by atoms with Crippen LogP contribution in [0.5, 0.6) is 0 Å². The van der Waals surface area contributed by atoms with Gasteiger partial charge < -0.3 is 14.9 Å². The summed E-state index contributed by atoms with van der Waals surface area (Å²) in [5.41, 5.74) is 7.09. The minimum absolute atomic E-state index is 0.481. The maximum Gasteiger partial charge on any atom is 0.161 e. The number of rotatable bonds is 3. The molecular formula is C21H21N9. The summed E-state index contributed by atoms with van der Waals surface area (Å²) in [6.07, 6.45) is 9.52. The van der Waals surface area contributed by atoms with Gasteiger partial charge in [0.25, 0.3) is 0 Å². The molecule has 30 heavy (non-hydrogen) atoms. The molecule has 0 atom stereocenters. The van der Waals surface area contributed by atoms with E-state index in [-0.39, 0.29) is 0 Å². The molecule has 1 aliphatic rings. The van der Waals surface area contributed by atoms with Crippen molar-refractivity contribution in [3.8, 4) is 17.2 Å². The van der Waals surface area contributed by atoms with E-state index in [0.29, 0.717) is 11.7 Å². The van der Waals surface area contributed by atoms with Crippen molar-refractivity contribution < 1.29 is 0 Å². The van der Waals surface area contributed by atoms with Crippen LogP contribution < -0.4 is 5.32 Å². The number of hydrogen-bond acceptors (Lipinski definition) is 6. The number of hydrogen-bond donors (Lipinski definition) is 3. The third-order valence-electron chi connectivity index (χ3n) is 5.78. The van der Waals surface area contributed by atoms with Crippen LogP contribution in [-0.2, 0) is 0 Å². The van der Waals surface area contributed by atoms with Gasteiger partial charge in [-0.25, -0.2) is 15.0 Å². The summed E-state index contributed by atoms with van der Waals surface area (Å²) in [6.45, 7) is 4.03. The summed E-state index contributed by atoms with van der Waals surface area (Å²) in [5, 5.41) is 11.0. The van der Waals surface area contributed by atoms with E-state index in [9.17, 15) is 0 Å². The zero-order valence-corrected chi connectivity index (χ0v) is 16.6. The molecular weight excluding hydrogens is 378 g/mol. The smallest absolute Gasteiger partial charge is 0.161 e. The monoisotopic (exact) mass is 399 g/mol. The Hall–Kier alpha value is -3.59. The number of pyridine rings is 2. The maximum absolute atomic E-state index is 4.98. The van der Waals surface area contributed by atoms with E-state index in [1.807, 2.05) is 17.7 Å². The molecule has 0 aliphatic carbocycles. The van der Waals surface area contributed by atoms with Gasteiger partial charge in [0.2, 0.25) is 0 Å². The fourth-order valence-electron chi connectivity index (χ4n) is 4.20. The molecule has 1 aliphatic heterocycles. The van der Waals surface area contributed by atoms with Crippen LogP contribution in [0.4, 0.5) is 0 Å². The van der Waals surface area contributed by atoms with Gasteiger partial charge in [-0.2, -0.15) is 5.10 Å². The van der Waals surface area contributed by atoms with Gasteiger partial charge in [0, 0.05) is 17.8 Å². The highest BCUT2D eigenvalue weighted by molar-refractivity contribution is 5.91. The van der Waals surface area contributed by atoms with Crippen LogP contribution >= 0.6 is 0 Å². The second kappa shape index (κ2) is 6.74. The standard InChI is InChI=1S/C21H21N9/c1-12-10-30(11-24-12)17-9-23-8-16-18(17)27-21(26-16)20-19-15(28-29-20)3-2-14(25-19)13-4-6-22-7-5-13/h2-3,8-11,13,22H,4-7H2,1H3,(H,26,27)(H,28,29). The molecule has 6 rings (SSSR count). The zero-order chi connectivity index (χ0) is 20.1. The van der Waals surface area contributed by atoms with Gasteiger partial charge in [0.1, 0.15) is 11.0 Å². The highest BCUT2D eigenvalue weighted by atomic mass is 15.2. The molecule has 5 aromatic rings. The van der Waals surface area contributed by atoms with E-state index >= 15 is 0 Å². The Bertz CT molecular complexity index is 1350. The normalized spacial score (nSPS) is 15.4. The van der Waals surface area contributed by atoms with Crippen molar-refractivity contribution in [3.63, 3.8) is 0 Å². The van der Waals surface area contributed by atoms with E-state index in [2.05, 4.69) is 42.6 Å². The topological polar surface area (TPSA) is 113 Å². The molecule has 1 saturated heterocycles. The van der Waals surface area contributed by atoms with Crippen LogP contribution in [0.15, 0.2) is 37.1 Å². The second-order valence-electron chi connectivity index (χ2n) is 7.79. The highest BCUT2D eigenvalue weighted by Gasteiger charge is 2.20. The predicted molar refractivity (Wildman–Crippen MR) is 113 cm³/mol. The lowest BCUT2D eigenvalue weighted by Crippen LogP contribution is -2.27. The van der Waals surface area contributed by atoms with Crippen LogP contribution in [0.2, 0.25) is 0 Å². The summed E-state index contributed by atoms with van der Waals surface area (Å²) >= 11 is 0. The predicted octanol–water partition coefficient (Wildman–Crippen LogP) is 2.86. The average Bonchev–Trinajstić information content (AvgIpc) is 3.51. The van der Waals surface area contributed by atoms with Crippen molar-refractivity contribution in [2.75, 3.05) is 13.1 Å². The molecule has 0 bridgehead atoms. The van der Waals surface area contributed by atoms with Crippen molar-refractivity contribution in [1.29, 1.82) is 0 Å². The average molecular weight is 399 g/mol. The number of nitrogens with one attached hydrogen (secondary N) is 3. The second-order valence-corrected chi connectivity index (χ2v) is 7.79. The molecule has 0 aromatic carbocycles. The molecule has 3 N–H and O–H groups in total. The van der Waals surface area contributed by atoms with Gasteiger partial charge in [-0.3, -0.25) is 10.1 Å². The lowest BCUT2D eigenvalue weighted by Gasteiger charge is -2.22. The number of piperidine rings is 1. The van der Waals surface area contributed by atoms with Crippen molar-refractivity contribution in [1.82, 2.24) is 45.0 Å². The van der Waals surface area contributed by atoms with Crippen molar-refractivity contribution >= 4 is 22.1 Å². The number of aryl methyl sites for hydroxylation is 1. The minimum Gasteiger partial charge on any atom is -0.335 e. The molecule has 0 spiro atoms. The van der Waals surface area contributed by atoms with Crippen molar-refractivity contribution in [3.05, 3.63) is 48.4 Å². The lowest BCUT2D eigenvalue weighted by molar-refractivity contribution is 0.454. The first kappa shape index (κ1) is 17.3. The number of fused-ring (bicyclic) bond motifs is 2. The number of aromatic amines is 2. The van der Waals surface area contributed by atoms with Crippen LogP contribution in [0.25, 0.3) is 39.3 Å². The van der Waals surface area contributed by atoms with Gasteiger partial charge in [-0.1, -0.05) is 0 Å². The molecule has 0 amide bonds. The Kier molecular flexibility index (Phi) is 3.88. The fourth-order valence-corrected chi connectivity index (χ4v) is 4.20. The van der Waals surface area contributed by atoms with Crippen LogP contribution in [0, 0.1) is 6.92 Å². The van der Waals surface area contributed by atoms with Crippen LogP contribution in [0.3, 0.4) is 0 Å². The maximum atomic E-state index is 4.98. The summed E-state index contributed by atoms with van der Waals surface area (Å²) in [5.74, 6) is 1.16. The molecule has 5 aromatic heterocycles. The van der Waals surface area contributed by atoms with Gasteiger partial charge in [-0.05, 0) is 45.0 Å². The number of aromatic nitrogens is 8. The molecule has 9 nitrogen and oxygen atoms in total. The van der Waals surface area contributed by atoms with E-state index in [0.717, 1.165) is 70.8 Å². The summed E-state index contributed by atoms with van der Waals surface area (Å²) in [6, 6.07) is 4.18. The zero-order valence-electron chi connectivity index (χ0n) is 16.6. The van der Waals surface area contributed by atoms with Crippen molar-refractivity contribution in [2.45, 2.75) is 25.7 Å². The quantitative estimate of drug-likeness (QED) is 0.430. The van der Waals surface area contributed by atoms with Gasteiger partial charge in [-0.15, -0.1) is 0 Å². The fraction of sp³-hybridized carbons (Fsp3) is 0.286. The number of nitrogens with zero attached hydrogens (tertiary/aromatic N) is 6. The number of imidazole rings is 2.